The molecule has 0 aromatic heterocycles. The van der Waals surface area contributed by atoms with Gasteiger partial charge in [-0.05, 0) is 25.1 Å². The molecule has 0 unspecified atom stereocenters. The van der Waals surface area contributed by atoms with Gasteiger partial charge in [-0.25, -0.2) is 0 Å². The van der Waals surface area contributed by atoms with Gasteiger partial charge < -0.3 is 15.0 Å². The summed E-state index contributed by atoms with van der Waals surface area (Å²) in [6, 6.07) is 0.521. The van der Waals surface area contributed by atoms with Crippen molar-refractivity contribution in [3.63, 3.8) is 0 Å². The molecular weight excluding hydrogens is 280 g/mol. The molecule has 0 bridgehead atoms. The van der Waals surface area contributed by atoms with Crippen LogP contribution in [0.5, 0.6) is 0 Å². The van der Waals surface area contributed by atoms with E-state index in [1.54, 1.807) is 11.8 Å². The van der Waals surface area contributed by atoms with Crippen molar-refractivity contribution in [3.8, 4) is 0 Å². The van der Waals surface area contributed by atoms with Crippen LogP contribution in [0.25, 0.3) is 0 Å². The molecule has 0 aromatic carbocycles. The summed E-state index contributed by atoms with van der Waals surface area (Å²) in [5, 5.41) is 4.16. The Morgan fingerprint density at radius 1 is 1.37 bits per heavy atom. The highest BCUT2D eigenvalue weighted by atomic mass is 32.2. The maximum atomic E-state index is 11.6. The Bertz CT molecular complexity index is 333. The van der Waals surface area contributed by atoms with Crippen LogP contribution < -0.4 is 5.32 Å². The molecule has 6 heteroatoms. The monoisotopic (exact) mass is 302 g/mol. The second-order valence-electron chi connectivity index (χ2n) is 5.11. The number of hydrogen-bond donors (Lipinski definition) is 1. The lowest BCUT2D eigenvalue weighted by atomic mass is 9.96. The van der Waals surface area contributed by atoms with E-state index in [0.717, 1.165) is 17.4 Å². The number of rotatable bonds is 2. The van der Waals surface area contributed by atoms with Crippen molar-refractivity contribution in [1.29, 1.82) is 0 Å². The average Bonchev–Trinajstić information content (AvgIpc) is 2.47. The topological polar surface area (TPSA) is 41.6 Å². The third kappa shape index (κ3) is 4.24. The summed E-state index contributed by atoms with van der Waals surface area (Å²) in [4.78, 5) is 13.7. The van der Waals surface area contributed by atoms with Crippen LogP contribution >= 0.6 is 24.0 Å². The number of methoxy groups -OCH3 is 1. The molecule has 1 aliphatic heterocycles. The first-order valence-electron chi connectivity index (χ1n) is 6.95. The van der Waals surface area contributed by atoms with Crippen molar-refractivity contribution in [2.75, 3.05) is 26.0 Å². The van der Waals surface area contributed by atoms with Crippen LogP contribution in [0, 0.1) is 0 Å². The maximum Gasteiger partial charge on any atom is 0.320 e. The molecule has 1 saturated heterocycles. The normalized spacial score (nSPS) is 24.9. The largest absolute Gasteiger partial charge is 0.468 e. The lowest BCUT2D eigenvalue weighted by Gasteiger charge is -2.35. The number of carbonyl (C=O) groups is 1. The van der Waals surface area contributed by atoms with Crippen molar-refractivity contribution in [3.05, 3.63) is 0 Å². The minimum absolute atomic E-state index is 0.107. The zero-order chi connectivity index (χ0) is 13.7. The fraction of sp³-hybridized carbons (Fsp3) is 0.846. The molecule has 0 amide bonds. The van der Waals surface area contributed by atoms with Gasteiger partial charge in [0.15, 0.2) is 5.11 Å². The van der Waals surface area contributed by atoms with Gasteiger partial charge in [-0.1, -0.05) is 19.3 Å². The highest BCUT2D eigenvalue weighted by molar-refractivity contribution is 8.00. The molecule has 2 aliphatic rings. The van der Waals surface area contributed by atoms with Gasteiger partial charge in [0.1, 0.15) is 5.25 Å². The Morgan fingerprint density at radius 3 is 2.79 bits per heavy atom. The van der Waals surface area contributed by atoms with Crippen molar-refractivity contribution < 1.29 is 9.53 Å². The molecule has 0 spiro atoms. The average molecular weight is 302 g/mol. The summed E-state index contributed by atoms with van der Waals surface area (Å²) < 4.78 is 4.82. The van der Waals surface area contributed by atoms with Crippen molar-refractivity contribution in [1.82, 2.24) is 10.2 Å². The van der Waals surface area contributed by atoms with Gasteiger partial charge >= 0.3 is 5.97 Å². The molecule has 4 nitrogen and oxygen atoms in total. The van der Waals surface area contributed by atoms with E-state index in [-0.39, 0.29) is 11.2 Å². The summed E-state index contributed by atoms with van der Waals surface area (Å²) >= 11 is 7.14. The Kier molecular flexibility index (Phi) is 5.76. The Labute approximate surface area is 124 Å². The predicted octanol–water partition coefficient (Wildman–Crippen LogP) is 1.78. The summed E-state index contributed by atoms with van der Waals surface area (Å²) in [7, 11) is 1.44. The van der Waals surface area contributed by atoms with E-state index >= 15 is 0 Å². The molecule has 108 valence electrons. The summed E-state index contributed by atoms with van der Waals surface area (Å²) in [6.45, 7) is 1.58. The molecule has 1 N–H and O–H groups in total. The van der Waals surface area contributed by atoms with Crippen molar-refractivity contribution in [2.24, 2.45) is 0 Å². The third-order valence-corrected chi connectivity index (χ3v) is 5.29. The summed E-state index contributed by atoms with van der Waals surface area (Å²) in [6.07, 6.45) is 6.35. The number of nitrogens with one attached hydrogen (secondary N) is 1. The second-order valence-corrected chi connectivity index (χ2v) is 6.81. The molecule has 1 atom stereocenters. The lowest BCUT2D eigenvalue weighted by Crippen LogP contribution is -2.51. The minimum atomic E-state index is -0.143. The molecule has 2 rings (SSSR count). The number of esters is 1. The number of carbonyl (C=O) groups excluding carboxylic acids is 1. The first kappa shape index (κ1) is 14.9. The lowest BCUT2D eigenvalue weighted by molar-refractivity contribution is -0.140. The first-order valence-corrected chi connectivity index (χ1v) is 8.41. The number of ether oxygens (including phenoxy) is 1. The molecular formula is C13H22N2O2S2. The molecule has 0 aromatic rings. The van der Waals surface area contributed by atoms with Gasteiger partial charge in [0.25, 0.3) is 0 Å². The van der Waals surface area contributed by atoms with Crippen molar-refractivity contribution in [2.45, 2.75) is 43.4 Å². The van der Waals surface area contributed by atoms with Gasteiger partial charge in [0, 0.05) is 24.9 Å². The predicted molar refractivity (Wildman–Crippen MR) is 82.4 cm³/mol. The highest BCUT2D eigenvalue weighted by Crippen LogP contribution is 2.21. The molecule has 1 saturated carbocycles. The molecule has 19 heavy (non-hydrogen) atoms. The maximum absolute atomic E-state index is 11.6. The van der Waals surface area contributed by atoms with Gasteiger partial charge in [0.2, 0.25) is 0 Å². The minimum Gasteiger partial charge on any atom is -0.468 e. The van der Waals surface area contributed by atoms with Crippen LogP contribution in [0.1, 0.15) is 32.1 Å². The van der Waals surface area contributed by atoms with Gasteiger partial charge in [-0.2, -0.15) is 0 Å². The van der Waals surface area contributed by atoms with Crippen LogP contribution in [0.3, 0.4) is 0 Å². The number of hydrogen-bond acceptors (Lipinski definition) is 4. The third-order valence-electron chi connectivity index (χ3n) is 3.75. The Hall–Kier alpha value is -0.490. The molecule has 1 aliphatic carbocycles. The van der Waals surface area contributed by atoms with E-state index in [1.165, 1.54) is 39.2 Å². The number of thiocarbonyl (C=S) groups is 1. The Balaban J connectivity index is 1.82. The number of nitrogens with zero attached hydrogens (tertiary/aromatic N) is 1. The van der Waals surface area contributed by atoms with Crippen LogP contribution in [0.2, 0.25) is 0 Å². The SMILES string of the molecule is COC(=O)[C@@H]1CN(C(=S)NC2CCCCC2)CCS1. The molecule has 0 radical (unpaired) electrons. The number of thioether (sulfide) groups is 1. The van der Waals surface area contributed by atoms with Crippen LogP contribution in [0.15, 0.2) is 0 Å². The van der Waals surface area contributed by atoms with E-state index in [9.17, 15) is 4.79 Å². The van der Waals surface area contributed by atoms with Crippen LogP contribution in [-0.2, 0) is 9.53 Å². The summed E-state index contributed by atoms with van der Waals surface area (Å²) in [5.74, 6) is 0.780. The first-order chi connectivity index (χ1) is 9.20. The standard InChI is InChI=1S/C13H22N2O2S2/c1-17-12(16)11-9-15(7-8-19-11)13(18)14-10-5-3-2-4-6-10/h10-11H,2-9H2,1H3,(H,14,18)/t11-/m0/s1. The van der Waals surface area contributed by atoms with Gasteiger partial charge in [-0.3, -0.25) is 4.79 Å². The zero-order valence-electron chi connectivity index (χ0n) is 11.4. The Morgan fingerprint density at radius 2 is 2.11 bits per heavy atom. The van der Waals surface area contributed by atoms with Gasteiger partial charge in [0.05, 0.1) is 7.11 Å². The highest BCUT2D eigenvalue weighted by Gasteiger charge is 2.29. The van der Waals surface area contributed by atoms with E-state index in [1.807, 2.05) is 0 Å². The van der Waals surface area contributed by atoms with Gasteiger partial charge in [-0.15, -0.1) is 11.8 Å². The van der Waals surface area contributed by atoms with Crippen molar-refractivity contribution >= 4 is 35.1 Å². The van der Waals surface area contributed by atoms with Crippen LogP contribution in [-0.4, -0.2) is 53.2 Å². The quantitative estimate of drug-likeness (QED) is 0.619. The smallest absolute Gasteiger partial charge is 0.320 e. The van der Waals surface area contributed by atoms with E-state index < -0.39 is 0 Å². The van der Waals surface area contributed by atoms with E-state index in [2.05, 4.69) is 10.2 Å². The van der Waals surface area contributed by atoms with E-state index in [0.29, 0.717) is 12.6 Å². The summed E-state index contributed by atoms with van der Waals surface area (Å²) in [5.41, 5.74) is 0. The fourth-order valence-corrected chi connectivity index (χ4v) is 4.08. The fourth-order valence-electron chi connectivity index (χ4n) is 2.62. The van der Waals surface area contributed by atoms with Crippen LogP contribution in [0.4, 0.5) is 0 Å². The zero-order valence-corrected chi connectivity index (χ0v) is 13.0. The second kappa shape index (κ2) is 7.33. The molecule has 2 fully saturated rings. The molecule has 1 heterocycles. The van der Waals surface area contributed by atoms with E-state index in [4.69, 9.17) is 17.0 Å².